The lowest BCUT2D eigenvalue weighted by molar-refractivity contribution is -0.392. The number of H-pyrrole nitrogens is 2. The smallest absolute Gasteiger partial charge is 0.324 e. The number of hydrogen-bond acceptors (Lipinski definition) is 21. The van der Waals surface area contributed by atoms with Crippen molar-refractivity contribution >= 4 is 111 Å². The number of nitrogens with one attached hydrogen (secondary N) is 4. The molecule has 2 amide bonds. The number of halogens is 3. The van der Waals surface area contributed by atoms with Gasteiger partial charge in [-0.15, -0.1) is 0 Å². The number of carbonyl (C=O) groups is 2. The van der Waals surface area contributed by atoms with Crippen molar-refractivity contribution < 1.29 is 64.3 Å². The number of sulfonamides is 2. The number of hydrogen-bond donors (Lipinski definition) is 4. The van der Waals surface area contributed by atoms with E-state index in [0.29, 0.717) is 96.3 Å². The summed E-state index contributed by atoms with van der Waals surface area (Å²) in [6.45, 7) is 8.64. The maximum Gasteiger partial charge on any atom is 0.324 e. The second-order valence-electron chi connectivity index (χ2n) is 32.1. The lowest BCUT2D eigenvalue weighted by atomic mass is 9.59. The molecule has 10 aromatic rings. The van der Waals surface area contributed by atoms with Crippen LogP contribution in [0.25, 0.3) is 33.2 Å². The summed E-state index contributed by atoms with van der Waals surface area (Å²) in [5, 5.41) is 26.7. The van der Waals surface area contributed by atoms with Crippen LogP contribution in [0.5, 0.6) is 23.0 Å². The normalized spacial score (nSPS) is 18.3. The lowest BCUT2D eigenvalue weighted by Crippen LogP contribution is -2.47. The van der Waals surface area contributed by atoms with Crippen LogP contribution in [0.4, 0.5) is 27.3 Å². The van der Waals surface area contributed by atoms with Crippen LogP contribution in [-0.2, 0) is 47.2 Å². The van der Waals surface area contributed by atoms with Gasteiger partial charge in [-0.2, -0.15) is 0 Å². The number of rotatable bonds is 26. The maximum atomic E-state index is 17.0. The first-order valence-corrected chi connectivity index (χ1v) is 44.2. The van der Waals surface area contributed by atoms with Crippen LogP contribution in [0.3, 0.4) is 0 Å². The molecule has 628 valence electrons. The van der Waals surface area contributed by atoms with Gasteiger partial charge in [0.05, 0.1) is 77.6 Å². The number of piperazine rings is 2. The average molecular weight is 1710 g/mol. The van der Waals surface area contributed by atoms with Gasteiger partial charge in [0.25, 0.3) is 37.5 Å². The minimum atomic E-state index is -4.69. The summed E-state index contributed by atoms with van der Waals surface area (Å²) in [6.07, 6.45) is 22.5. The summed E-state index contributed by atoms with van der Waals surface area (Å²) < 4.78 is 105. The molecule has 4 N–H and O–H groups in total. The van der Waals surface area contributed by atoms with Crippen molar-refractivity contribution in [2.75, 3.05) is 109 Å². The van der Waals surface area contributed by atoms with Gasteiger partial charge in [-0.1, -0.05) is 77.5 Å². The van der Waals surface area contributed by atoms with Crippen molar-refractivity contribution in [1.82, 2.24) is 43.7 Å². The number of methoxy groups -OCH3 is 1. The second-order valence-corrected chi connectivity index (χ2v) is 36.3. The summed E-state index contributed by atoms with van der Waals surface area (Å²) in [5.41, 5.74) is 10.9. The molecule has 120 heavy (non-hydrogen) atoms. The highest BCUT2D eigenvalue weighted by Gasteiger charge is 2.43. The molecular formula is C87H92Cl2FN13O15S2. The van der Waals surface area contributed by atoms with Gasteiger partial charge < -0.3 is 53.6 Å². The molecule has 0 bridgehead atoms. The topological polar surface area (TPSA) is 334 Å². The van der Waals surface area contributed by atoms with E-state index >= 15 is 4.39 Å². The highest BCUT2D eigenvalue weighted by Crippen LogP contribution is 2.57. The quantitative estimate of drug-likeness (QED) is 0.0289. The standard InChI is InChI=1S/C46H48ClFN6O8S.C41H44ClN7O7S/c47-34-6-2-30(3-7-34)39-26-46(14-1-15-46)16-12-33(39)28-52-18-20-53(21-19-52)40-11-10-38(43(42(40)48)62-36-24-32-13-17-49-44(32)50-27-36)45(55)51-63(58,59)37-9-5-31(41(25-37)54(56)57)4-8-35-29-60-22-23-61-35;1-55-20-19-48-27-34(23-38(48)49(51)52)57(53,54)45-40(50)35-8-7-32(22-37(35)56-33-21-29-10-14-43-39(29)44-25-33)47-17-15-46(16-18-47)26-30-9-13-41(11-2-12-41)24-36(30)28-3-5-31(42)6-4-28/h2-3,5-7,9-11,13,17,24-25,27,35H,1,4,8,12,14-16,18-23,26,28-29H2,(H,49,50)(H,51,55);3-8,10,14,21-23,25,27H,2,9,11-13,15-20,24,26H2,1H3,(H,43,44)(H,45,50)/t35-;/m0./s1. The third-order valence-corrected chi connectivity index (χ3v) is 27.7. The molecule has 0 radical (unpaired) electrons. The van der Waals surface area contributed by atoms with Crippen LogP contribution in [0, 0.1) is 36.9 Å². The summed E-state index contributed by atoms with van der Waals surface area (Å²) in [4.78, 5) is 72.9. The predicted molar refractivity (Wildman–Crippen MR) is 454 cm³/mol. The van der Waals surface area contributed by atoms with Crippen molar-refractivity contribution in [3.8, 4) is 23.0 Å². The van der Waals surface area contributed by atoms with E-state index in [4.69, 9.17) is 46.9 Å². The molecule has 0 unspecified atom stereocenters. The largest absolute Gasteiger partial charge is 0.455 e. The predicted octanol–water partition coefficient (Wildman–Crippen LogP) is 15.9. The van der Waals surface area contributed by atoms with E-state index in [0.717, 1.165) is 104 Å². The van der Waals surface area contributed by atoms with Crippen molar-refractivity contribution in [1.29, 1.82) is 0 Å². The monoisotopic (exact) mass is 1710 g/mol. The van der Waals surface area contributed by atoms with E-state index in [1.165, 1.54) is 135 Å². The molecule has 3 aliphatic heterocycles. The second kappa shape index (κ2) is 35.6. The third-order valence-electron chi connectivity index (χ3n) is 24.6. The number of anilines is 2. The first-order chi connectivity index (χ1) is 57.9. The van der Waals surface area contributed by atoms with Gasteiger partial charge in [0.1, 0.15) is 46.2 Å². The van der Waals surface area contributed by atoms with Gasteiger partial charge >= 0.3 is 5.82 Å². The zero-order valence-electron chi connectivity index (χ0n) is 66.2. The number of ether oxygens (including phenoxy) is 5. The maximum absolute atomic E-state index is 17.0. The number of benzene rings is 5. The molecule has 5 fully saturated rings. The minimum absolute atomic E-state index is 0.0355. The number of nitro benzene ring substituents is 1. The Morgan fingerprint density at radius 2 is 1.19 bits per heavy atom. The van der Waals surface area contributed by atoms with Crippen molar-refractivity contribution in [2.24, 2.45) is 10.8 Å². The molecule has 33 heteroatoms. The number of aromatic nitrogens is 5. The number of allylic oxidation sites excluding steroid dienone is 2. The summed E-state index contributed by atoms with van der Waals surface area (Å²) >= 11 is 12.5. The van der Waals surface area contributed by atoms with E-state index in [9.17, 15) is 46.7 Å². The third kappa shape index (κ3) is 18.6. The van der Waals surface area contributed by atoms with E-state index < -0.39 is 80.1 Å². The van der Waals surface area contributed by atoms with Gasteiger partial charge in [-0.3, -0.25) is 29.5 Å². The number of nitro groups is 2. The zero-order valence-corrected chi connectivity index (χ0v) is 69.3. The van der Waals surface area contributed by atoms with E-state index in [1.54, 1.807) is 42.7 Å². The van der Waals surface area contributed by atoms with Crippen LogP contribution in [0.15, 0.2) is 179 Å². The fourth-order valence-corrected chi connectivity index (χ4v) is 19.8. The highest BCUT2D eigenvalue weighted by molar-refractivity contribution is 7.90. The molecule has 5 aromatic carbocycles. The number of carbonyl (C=O) groups excluding carboxylic acids is 2. The number of nitrogens with zero attached hydrogens (tertiary/aromatic N) is 9. The Balaban J connectivity index is 0.000000180. The Bertz CT molecular complexity index is 5830. The molecule has 2 spiro atoms. The SMILES string of the molecule is COCCn1cc(S(=O)(=O)NC(=O)c2ccc(N3CCN(CC4=C(c5ccc(Cl)cc5)CC5(CCC5)CC4)CC3)cc2Oc2cnc3[nH]ccc3c2)cc1[N+](=O)[O-].O=C(NS(=O)(=O)c1ccc(CC[C@H]2COCCO2)c([N+](=O)[O-])c1)c1ccc(N2CCN(CC3=C(c4ccc(Cl)cc4)CC4(CCC4)CC3)CC2)c(F)c1Oc1cnc2[nH]ccc2c1. The van der Waals surface area contributed by atoms with Crippen LogP contribution >= 0.6 is 23.2 Å². The number of pyridine rings is 2. The van der Waals surface area contributed by atoms with Gasteiger partial charge in [0, 0.05) is 129 Å². The molecule has 1 atom stereocenters. The molecule has 7 aliphatic rings. The number of fused-ring (bicyclic) bond motifs is 2. The molecule has 17 rings (SSSR count). The van der Waals surface area contributed by atoms with Crippen molar-refractivity contribution in [2.45, 2.75) is 112 Å². The molecular weight excluding hydrogens is 1620 g/mol. The van der Waals surface area contributed by atoms with Crippen LogP contribution in [-0.4, -0.2) is 178 Å². The lowest BCUT2D eigenvalue weighted by Gasteiger charge is -2.47. The Morgan fingerprint density at radius 3 is 1.73 bits per heavy atom. The first-order valence-electron chi connectivity index (χ1n) is 40.4. The average Bonchev–Trinajstić information content (AvgIpc) is 0.953. The van der Waals surface area contributed by atoms with Gasteiger partial charge in [0.2, 0.25) is 0 Å². The Morgan fingerprint density at radius 1 is 0.633 bits per heavy atom. The Kier molecular flexibility index (Phi) is 24.6. The van der Waals surface area contributed by atoms with Gasteiger partial charge in [-0.25, -0.2) is 45.2 Å². The summed E-state index contributed by atoms with van der Waals surface area (Å²) in [6, 6.07) is 35.7. The summed E-state index contributed by atoms with van der Waals surface area (Å²) in [7, 11) is -7.77. The van der Waals surface area contributed by atoms with Crippen molar-refractivity contribution in [3.63, 3.8) is 0 Å². The van der Waals surface area contributed by atoms with Crippen LogP contribution in [0.2, 0.25) is 10.0 Å². The molecule has 5 aromatic heterocycles. The highest BCUT2D eigenvalue weighted by atomic mass is 35.5. The molecule has 2 saturated carbocycles. The Labute approximate surface area is 703 Å². The van der Waals surface area contributed by atoms with Gasteiger partial charge in [0.15, 0.2) is 11.6 Å². The van der Waals surface area contributed by atoms with E-state index in [2.05, 4.69) is 63.6 Å². The molecule has 28 nitrogen and oxygen atoms in total. The van der Waals surface area contributed by atoms with Crippen LogP contribution in [0.1, 0.15) is 121 Å². The molecule has 8 heterocycles. The fourth-order valence-electron chi connectivity index (χ4n) is 17.6. The number of aryl methyl sites for hydroxylation is 1. The molecule has 3 saturated heterocycles. The van der Waals surface area contributed by atoms with Crippen LogP contribution < -0.4 is 28.7 Å². The minimum Gasteiger partial charge on any atom is -0.455 e. The molecule has 4 aliphatic carbocycles. The number of aromatic amines is 2. The summed E-state index contributed by atoms with van der Waals surface area (Å²) in [5.74, 6) is -3.30. The van der Waals surface area contributed by atoms with Gasteiger partial charge in [-0.05, 0) is 194 Å². The zero-order chi connectivity index (χ0) is 83.5. The van der Waals surface area contributed by atoms with E-state index in [1.807, 2.05) is 40.0 Å². The number of amides is 2. The Hall–Kier alpha value is -10.6. The van der Waals surface area contributed by atoms with E-state index in [-0.39, 0.29) is 48.4 Å². The first kappa shape index (κ1) is 83.1. The fraction of sp³-hybridized carbons (Fsp3) is 0.379. The van der Waals surface area contributed by atoms with Crippen molar-refractivity contribution in [3.05, 3.63) is 233 Å².